The number of rotatable bonds is 2. The number of carboxylic acid groups (broad SMARTS) is 2. The molecule has 0 unspecified atom stereocenters. The Balaban J connectivity index is 0.000000284. The van der Waals surface area contributed by atoms with E-state index in [0.717, 1.165) is 0 Å². The van der Waals surface area contributed by atoms with E-state index >= 15 is 0 Å². The van der Waals surface area contributed by atoms with Crippen LogP contribution >= 0.6 is 22.7 Å². The molecule has 0 aromatic carbocycles. The maximum atomic E-state index is 9.96. The Morgan fingerprint density at radius 2 is 1.24 bits per heavy atom. The molecule has 2 aromatic heterocycles. The Morgan fingerprint density at radius 3 is 1.35 bits per heavy atom. The number of hydrogen-bond acceptors (Lipinski definition) is 6. The van der Waals surface area contributed by atoms with E-state index in [4.69, 9.17) is 0 Å². The largest absolute Gasteiger partial charge is 2.00 e. The second kappa shape index (κ2) is 8.23. The predicted octanol–water partition coefficient (Wildman–Crippen LogP) is -0.158. The van der Waals surface area contributed by atoms with Crippen LogP contribution in [0.5, 0.6) is 0 Å². The van der Waals surface area contributed by atoms with Crippen LogP contribution in [0.1, 0.15) is 19.3 Å². The molecule has 2 aromatic rings. The van der Waals surface area contributed by atoms with Crippen molar-refractivity contribution in [1.29, 1.82) is 0 Å². The quantitative estimate of drug-likeness (QED) is 0.715. The van der Waals surface area contributed by atoms with Crippen molar-refractivity contribution in [3.8, 4) is 0 Å². The fourth-order valence-corrected chi connectivity index (χ4v) is 1.90. The molecule has 0 radical (unpaired) electrons. The molecule has 84 valence electrons. The van der Waals surface area contributed by atoms with Gasteiger partial charge in [0.2, 0.25) is 0 Å². The number of aromatic carboxylic acids is 2. The van der Waals surface area contributed by atoms with Gasteiger partial charge in [-0.1, -0.05) is 12.1 Å². The summed E-state index contributed by atoms with van der Waals surface area (Å²) < 4.78 is 0. The second-order valence-electron chi connectivity index (χ2n) is 2.53. The zero-order valence-electron chi connectivity index (χ0n) is 8.62. The van der Waals surface area contributed by atoms with Gasteiger partial charge in [-0.15, -0.1) is 22.7 Å². The molecule has 0 saturated carbocycles. The molecule has 0 spiro atoms. The van der Waals surface area contributed by atoms with Gasteiger partial charge in [0.1, 0.15) is 0 Å². The average Bonchev–Trinajstić information content (AvgIpc) is 2.93. The van der Waals surface area contributed by atoms with E-state index in [0.29, 0.717) is 0 Å². The summed E-state index contributed by atoms with van der Waals surface area (Å²) >= 11 is 2.34. The monoisotopic (exact) mass is 278 g/mol. The van der Waals surface area contributed by atoms with Crippen molar-refractivity contribution < 1.29 is 19.8 Å². The van der Waals surface area contributed by atoms with Crippen molar-refractivity contribution in [3.05, 3.63) is 44.8 Å². The molecule has 0 amide bonds. The predicted molar refractivity (Wildman–Crippen MR) is 63.1 cm³/mol. The number of hydrogen-bond donors (Lipinski definition) is 0. The van der Waals surface area contributed by atoms with Gasteiger partial charge in [0, 0.05) is 9.75 Å². The Bertz CT molecular complexity index is 406. The van der Waals surface area contributed by atoms with E-state index in [1.165, 1.54) is 34.8 Å². The summed E-state index contributed by atoms with van der Waals surface area (Å²) in [5, 5.41) is 23.3. The minimum Gasteiger partial charge on any atom is -0.544 e. The second-order valence-corrected chi connectivity index (χ2v) is 4.42. The molecule has 17 heavy (non-hydrogen) atoms. The third-order valence-electron chi connectivity index (χ3n) is 1.44. The molecular weight excluding hydrogens is 273 g/mol. The Labute approximate surface area is 122 Å². The fraction of sp³-hybridized carbons (Fsp3) is 0. The maximum Gasteiger partial charge on any atom is 2.00 e. The van der Waals surface area contributed by atoms with Gasteiger partial charge in [-0.05, 0) is 22.9 Å². The molecule has 0 fully saturated rings. The molecule has 4 nitrogen and oxygen atoms in total. The van der Waals surface area contributed by atoms with Crippen LogP contribution in [0.3, 0.4) is 0 Å². The summed E-state index contributed by atoms with van der Waals surface area (Å²) in [5.41, 5.74) is 0. The van der Waals surface area contributed by atoms with E-state index < -0.39 is 11.9 Å². The molecule has 0 aliphatic heterocycles. The molecule has 2 heterocycles. The van der Waals surface area contributed by atoms with Gasteiger partial charge >= 0.3 is 23.1 Å². The van der Waals surface area contributed by atoms with E-state index in [1.54, 1.807) is 22.9 Å². The smallest absolute Gasteiger partial charge is 0.544 e. The van der Waals surface area contributed by atoms with E-state index in [-0.39, 0.29) is 32.8 Å². The van der Waals surface area contributed by atoms with E-state index in [1.807, 2.05) is 0 Å². The number of carbonyl (C=O) groups excluding carboxylic acids is 2. The van der Waals surface area contributed by atoms with Crippen molar-refractivity contribution in [2.45, 2.75) is 0 Å². The van der Waals surface area contributed by atoms with Gasteiger partial charge in [-0.3, -0.25) is 0 Å². The first-order valence-electron chi connectivity index (χ1n) is 4.11. The number of carbonyl (C=O) groups is 2. The summed E-state index contributed by atoms with van der Waals surface area (Å²) in [6.07, 6.45) is 0. The van der Waals surface area contributed by atoms with Gasteiger partial charge in [0.05, 0.1) is 11.9 Å². The first kappa shape index (κ1) is 16.1. The first-order chi connectivity index (χ1) is 7.61. The van der Waals surface area contributed by atoms with Gasteiger partial charge in [-0.25, -0.2) is 0 Å². The summed E-state index contributed by atoms with van der Waals surface area (Å²) in [6.45, 7) is 0. The molecule has 2 rings (SSSR count). The molecule has 0 N–H and O–H groups in total. The average molecular weight is 279 g/mol. The van der Waals surface area contributed by atoms with Crippen LogP contribution in [-0.2, 0) is 0 Å². The van der Waals surface area contributed by atoms with Crippen LogP contribution in [0.25, 0.3) is 0 Å². The van der Waals surface area contributed by atoms with E-state index in [2.05, 4.69) is 0 Å². The van der Waals surface area contributed by atoms with Crippen LogP contribution in [0.4, 0.5) is 0 Å². The van der Waals surface area contributed by atoms with Crippen molar-refractivity contribution in [2.75, 3.05) is 0 Å². The Morgan fingerprint density at radius 1 is 0.882 bits per heavy atom. The van der Waals surface area contributed by atoms with Gasteiger partial charge in [0.25, 0.3) is 0 Å². The summed E-state index contributed by atoms with van der Waals surface area (Å²) in [5.74, 6) is -2.19. The maximum absolute atomic E-state index is 9.96. The van der Waals surface area contributed by atoms with E-state index in [9.17, 15) is 19.8 Å². The number of thiophene rings is 2. The minimum absolute atomic E-state index is 0. The van der Waals surface area contributed by atoms with Crippen molar-refractivity contribution in [2.24, 2.45) is 0 Å². The third-order valence-corrected chi connectivity index (χ3v) is 3.14. The zero-order chi connectivity index (χ0) is 12.0. The number of carboxylic acids is 2. The van der Waals surface area contributed by atoms with Crippen LogP contribution < -0.4 is 10.2 Å². The van der Waals surface area contributed by atoms with Crippen LogP contribution in [0.15, 0.2) is 35.0 Å². The van der Waals surface area contributed by atoms with Gasteiger partial charge in [0.15, 0.2) is 0 Å². The van der Waals surface area contributed by atoms with Gasteiger partial charge < -0.3 is 19.8 Å². The van der Waals surface area contributed by atoms with Crippen molar-refractivity contribution >= 4 is 57.7 Å². The molecule has 0 bridgehead atoms. The third kappa shape index (κ3) is 5.82. The SMILES string of the molecule is O=C([O-])c1cccs1.O=C([O-])c1cccs1.[Mg+2]. The first-order valence-corrected chi connectivity index (χ1v) is 5.87. The molecule has 7 heteroatoms. The molecule has 0 atom stereocenters. The molecule has 0 aliphatic carbocycles. The Hall–Kier alpha value is -0.894. The standard InChI is InChI=1S/2C5H4O2S.Mg/c2*6-5(7)4-2-1-3-8-4;/h2*1-3H,(H,6,7);/q;;+2/p-2. The van der Waals surface area contributed by atoms with Crippen molar-refractivity contribution in [1.82, 2.24) is 0 Å². The summed E-state index contributed by atoms with van der Waals surface area (Å²) in [4.78, 5) is 20.5. The zero-order valence-corrected chi connectivity index (χ0v) is 11.7. The van der Waals surface area contributed by atoms with Crippen LogP contribution in [0, 0.1) is 0 Å². The Kier molecular flexibility index (Phi) is 7.80. The minimum atomic E-state index is -1.10. The summed E-state index contributed by atoms with van der Waals surface area (Å²) in [6, 6.07) is 6.38. The van der Waals surface area contributed by atoms with Crippen LogP contribution in [-0.4, -0.2) is 35.0 Å². The van der Waals surface area contributed by atoms with Crippen LogP contribution in [0.2, 0.25) is 0 Å². The molecule has 0 saturated heterocycles. The van der Waals surface area contributed by atoms with Gasteiger partial charge in [-0.2, -0.15) is 0 Å². The van der Waals surface area contributed by atoms with Crippen molar-refractivity contribution in [3.63, 3.8) is 0 Å². The topological polar surface area (TPSA) is 80.3 Å². The fourth-order valence-electron chi connectivity index (χ4n) is 0.789. The normalized spacial score (nSPS) is 8.47. The molecule has 0 aliphatic rings. The molecular formula is C10H6MgO4S2. The summed E-state index contributed by atoms with van der Waals surface area (Å²) in [7, 11) is 0.